The summed E-state index contributed by atoms with van der Waals surface area (Å²) >= 11 is 0. The Morgan fingerprint density at radius 2 is 2.06 bits per heavy atom. The molecule has 0 aromatic heterocycles. The Morgan fingerprint density at radius 3 is 2.75 bits per heavy atom. The highest BCUT2D eigenvalue weighted by Crippen LogP contribution is 2.20. The van der Waals surface area contributed by atoms with Crippen molar-refractivity contribution in [3.63, 3.8) is 0 Å². The summed E-state index contributed by atoms with van der Waals surface area (Å²) < 4.78 is 0. The highest BCUT2D eigenvalue weighted by Gasteiger charge is 2.33. The minimum Gasteiger partial charge on any atom is -0.400 e. The molecule has 5 nitrogen and oxygen atoms in total. The van der Waals surface area contributed by atoms with Gasteiger partial charge in [-0.1, -0.05) is 23.3 Å². The Hall–Kier alpha value is -1.62. The molecule has 1 unspecified atom stereocenters. The highest BCUT2D eigenvalue weighted by molar-refractivity contribution is 5.20. The predicted molar refractivity (Wildman–Crippen MR) is 58.4 cm³/mol. The van der Waals surface area contributed by atoms with E-state index in [9.17, 15) is 10.1 Å². The summed E-state index contributed by atoms with van der Waals surface area (Å²) in [5, 5.41) is 12.3. The van der Waals surface area contributed by atoms with Crippen molar-refractivity contribution in [3.8, 4) is 5.75 Å². The van der Waals surface area contributed by atoms with Crippen molar-refractivity contribution in [2.75, 3.05) is 6.54 Å². The lowest BCUT2D eigenvalue weighted by Crippen LogP contribution is -2.46. The van der Waals surface area contributed by atoms with Gasteiger partial charge < -0.3 is 4.84 Å². The normalized spacial score (nSPS) is 21.6. The van der Waals surface area contributed by atoms with Gasteiger partial charge in [-0.2, -0.15) is 0 Å². The molecule has 1 aliphatic rings. The van der Waals surface area contributed by atoms with Crippen molar-refractivity contribution in [1.29, 1.82) is 0 Å². The second-order valence-electron chi connectivity index (χ2n) is 3.81. The number of benzene rings is 1. The summed E-state index contributed by atoms with van der Waals surface area (Å²) in [6.07, 6.45) is 1.67. The SMILES string of the molecule is O=[N+]([O-])C1CCCCN1Oc1ccccc1. The lowest BCUT2D eigenvalue weighted by Gasteiger charge is -2.28. The van der Waals surface area contributed by atoms with Crippen LogP contribution in [0.5, 0.6) is 5.75 Å². The lowest BCUT2D eigenvalue weighted by molar-refractivity contribution is -0.573. The van der Waals surface area contributed by atoms with E-state index in [1.807, 2.05) is 18.2 Å². The van der Waals surface area contributed by atoms with Crippen molar-refractivity contribution >= 4 is 0 Å². The molecule has 2 rings (SSSR count). The fraction of sp³-hybridized carbons (Fsp3) is 0.455. The number of piperidine rings is 1. The highest BCUT2D eigenvalue weighted by atomic mass is 16.7. The minimum atomic E-state index is -0.714. The van der Waals surface area contributed by atoms with Gasteiger partial charge in [0.25, 0.3) is 6.17 Å². The Kier molecular flexibility index (Phi) is 3.36. The van der Waals surface area contributed by atoms with Crippen molar-refractivity contribution < 1.29 is 9.76 Å². The van der Waals surface area contributed by atoms with Crippen LogP contribution in [0, 0.1) is 10.1 Å². The molecule has 1 aliphatic heterocycles. The van der Waals surface area contributed by atoms with Crippen LogP contribution < -0.4 is 4.84 Å². The molecule has 1 aromatic carbocycles. The molecule has 1 fully saturated rings. The van der Waals surface area contributed by atoms with Crippen LogP contribution in [0.4, 0.5) is 0 Å². The van der Waals surface area contributed by atoms with Gasteiger partial charge in [0, 0.05) is 17.9 Å². The summed E-state index contributed by atoms with van der Waals surface area (Å²) in [4.78, 5) is 16.1. The molecule has 5 heteroatoms. The molecular formula is C11H14N2O3. The van der Waals surface area contributed by atoms with E-state index in [0.717, 1.165) is 12.8 Å². The maximum atomic E-state index is 10.8. The first-order valence-corrected chi connectivity index (χ1v) is 5.40. The second-order valence-corrected chi connectivity index (χ2v) is 3.81. The number of nitrogens with zero attached hydrogens (tertiary/aromatic N) is 2. The van der Waals surface area contributed by atoms with Gasteiger partial charge in [0.2, 0.25) is 0 Å². The van der Waals surface area contributed by atoms with E-state index in [2.05, 4.69) is 0 Å². The van der Waals surface area contributed by atoms with Crippen molar-refractivity contribution in [2.24, 2.45) is 0 Å². The molecular weight excluding hydrogens is 208 g/mol. The van der Waals surface area contributed by atoms with Crippen LogP contribution in [-0.4, -0.2) is 22.7 Å². The standard InChI is InChI=1S/C11H14N2O3/c14-13(15)11-8-4-5-9-12(11)16-10-6-2-1-3-7-10/h1-3,6-7,11H,4-5,8-9H2. The summed E-state index contributed by atoms with van der Waals surface area (Å²) in [6.45, 7) is 0.612. The van der Waals surface area contributed by atoms with E-state index >= 15 is 0 Å². The first kappa shape index (κ1) is 10.9. The fourth-order valence-corrected chi connectivity index (χ4v) is 1.82. The molecule has 1 aromatic rings. The quantitative estimate of drug-likeness (QED) is 0.580. The number of rotatable bonds is 3. The van der Waals surface area contributed by atoms with Crippen LogP contribution >= 0.6 is 0 Å². The number of hydrogen-bond acceptors (Lipinski definition) is 4. The Labute approximate surface area is 93.7 Å². The summed E-state index contributed by atoms with van der Waals surface area (Å²) in [6, 6.07) is 9.17. The van der Waals surface area contributed by atoms with Crippen molar-refractivity contribution in [1.82, 2.24) is 5.06 Å². The number of nitro groups is 1. The van der Waals surface area contributed by atoms with E-state index in [1.54, 1.807) is 12.1 Å². The first-order chi connectivity index (χ1) is 7.77. The van der Waals surface area contributed by atoms with E-state index in [1.165, 1.54) is 5.06 Å². The van der Waals surface area contributed by atoms with Gasteiger partial charge >= 0.3 is 0 Å². The molecule has 0 aliphatic carbocycles. The molecule has 16 heavy (non-hydrogen) atoms. The second kappa shape index (κ2) is 4.94. The zero-order valence-electron chi connectivity index (χ0n) is 8.91. The Balaban J connectivity index is 2.04. The van der Waals surface area contributed by atoms with Gasteiger partial charge in [0.15, 0.2) is 0 Å². The molecule has 1 saturated heterocycles. The van der Waals surface area contributed by atoms with E-state index in [4.69, 9.17) is 4.84 Å². The molecule has 0 bridgehead atoms. The molecule has 0 radical (unpaired) electrons. The average Bonchev–Trinajstić information content (AvgIpc) is 2.31. The van der Waals surface area contributed by atoms with Gasteiger partial charge in [-0.3, -0.25) is 10.1 Å². The summed E-state index contributed by atoms with van der Waals surface area (Å²) in [5.74, 6) is 0.649. The zero-order chi connectivity index (χ0) is 11.4. The van der Waals surface area contributed by atoms with E-state index in [0.29, 0.717) is 18.7 Å². The molecule has 1 atom stereocenters. The third kappa shape index (κ3) is 2.49. The smallest absolute Gasteiger partial charge is 0.297 e. The van der Waals surface area contributed by atoms with E-state index < -0.39 is 6.17 Å². The van der Waals surface area contributed by atoms with Gasteiger partial charge in [0.05, 0.1) is 0 Å². The topological polar surface area (TPSA) is 55.6 Å². The van der Waals surface area contributed by atoms with Crippen molar-refractivity contribution in [3.05, 3.63) is 40.4 Å². The predicted octanol–water partition coefficient (Wildman–Crippen LogP) is 2.07. The lowest BCUT2D eigenvalue weighted by atomic mass is 10.1. The van der Waals surface area contributed by atoms with Crippen LogP contribution in [0.15, 0.2) is 30.3 Å². The number of para-hydroxylation sites is 1. The third-order valence-corrected chi connectivity index (χ3v) is 2.63. The summed E-state index contributed by atoms with van der Waals surface area (Å²) in [7, 11) is 0. The van der Waals surface area contributed by atoms with Crippen LogP contribution in [0.1, 0.15) is 19.3 Å². The van der Waals surface area contributed by atoms with Crippen LogP contribution in [-0.2, 0) is 0 Å². The molecule has 0 N–H and O–H groups in total. The zero-order valence-corrected chi connectivity index (χ0v) is 8.91. The fourth-order valence-electron chi connectivity index (χ4n) is 1.82. The van der Waals surface area contributed by atoms with Gasteiger partial charge in [-0.05, 0) is 25.0 Å². The number of hydroxylamine groups is 2. The van der Waals surface area contributed by atoms with Crippen LogP contribution in [0.25, 0.3) is 0 Å². The monoisotopic (exact) mass is 222 g/mol. The van der Waals surface area contributed by atoms with Gasteiger partial charge in [-0.15, -0.1) is 0 Å². The molecule has 1 heterocycles. The maximum absolute atomic E-state index is 10.8. The van der Waals surface area contributed by atoms with Gasteiger partial charge in [0.1, 0.15) is 5.75 Å². The molecule has 0 saturated carbocycles. The van der Waals surface area contributed by atoms with Crippen LogP contribution in [0.3, 0.4) is 0 Å². The Bertz CT molecular complexity index is 356. The molecule has 86 valence electrons. The Morgan fingerprint density at radius 1 is 1.31 bits per heavy atom. The minimum absolute atomic E-state index is 0.276. The molecule has 0 spiro atoms. The molecule has 0 amide bonds. The maximum Gasteiger partial charge on any atom is 0.297 e. The van der Waals surface area contributed by atoms with Crippen LogP contribution in [0.2, 0.25) is 0 Å². The average molecular weight is 222 g/mol. The number of hydrogen-bond donors (Lipinski definition) is 0. The van der Waals surface area contributed by atoms with Gasteiger partial charge in [-0.25, -0.2) is 0 Å². The van der Waals surface area contributed by atoms with Crippen molar-refractivity contribution in [2.45, 2.75) is 25.4 Å². The third-order valence-electron chi connectivity index (χ3n) is 2.63. The first-order valence-electron chi connectivity index (χ1n) is 5.40. The largest absolute Gasteiger partial charge is 0.400 e. The summed E-state index contributed by atoms with van der Waals surface area (Å²) in [5.41, 5.74) is 0. The van der Waals surface area contributed by atoms with E-state index in [-0.39, 0.29) is 4.92 Å².